The van der Waals surface area contributed by atoms with Gasteiger partial charge < -0.3 is 37.9 Å². The molecule has 1 fully saturated rings. The molecule has 7 atom stereocenters. The first-order valence-electron chi connectivity index (χ1n) is 19.3. The van der Waals surface area contributed by atoms with Crippen LogP contribution in [0.15, 0.2) is 152 Å². The van der Waals surface area contributed by atoms with Gasteiger partial charge in [0.25, 0.3) is 0 Å². The van der Waals surface area contributed by atoms with Gasteiger partial charge in [-0.25, -0.2) is 0 Å². The molecule has 3 unspecified atom stereocenters. The zero-order valence-electron chi connectivity index (χ0n) is 31.9. The van der Waals surface area contributed by atoms with E-state index in [2.05, 4.69) is 31.2 Å². The van der Waals surface area contributed by atoms with Crippen molar-refractivity contribution in [1.29, 1.82) is 0 Å². The summed E-state index contributed by atoms with van der Waals surface area (Å²) in [6, 6.07) is 50.5. The Morgan fingerprint density at radius 1 is 0.564 bits per heavy atom. The minimum atomic E-state index is -0.803. The van der Waals surface area contributed by atoms with Gasteiger partial charge in [-0.1, -0.05) is 152 Å². The number of hydrogen-bond acceptors (Lipinski definition) is 8. The molecule has 5 aromatic carbocycles. The molecular weight excluding hydrogens is 693 g/mol. The molecule has 6 rings (SSSR count). The summed E-state index contributed by atoms with van der Waals surface area (Å²) in [6.45, 7) is 6.67. The predicted molar refractivity (Wildman–Crippen MR) is 212 cm³/mol. The third-order valence-corrected chi connectivity index (χ3v) is 9.53. The van der Waals surface area contributed by atoms with Gasteiger partial charge in [-0.3, -0.25) is 0 Å². The first-order chi connectivity index (χ1) is 27.1. The van der Waals surface area contributed by atoms with Crippen LogP contribution in [0.3, 0.4) is 0 Å². The topological polar surface area (TPSA) is 73.8 Å². The summed E-state index contributed by atoms with van der Waals surface area (Å²) in [5.41, 5.74) is 5.27. The van der Waals surface area contributed by atoms with Crippen molar-refractivity contribution in [3.05, 3.63) is 179 Å². The van der Waals surface area contributed by atoms with Crippen LogP contribution in [0.25, 0.3) is 0 Å². The van der Waals surface area contributed by atoms with Gasteiger partial charge in [0.2, 0.25) is 0 Å². The van der Waals surface area contributed by atoms with Gasteiger partial charge in [0.1, 0.15) is 12.2 Å². The standard InChI is InChI=1S/C47H54O8/c1-36(50-31-39-20-10-4-11-21-39)43(51-32-40-22-12-5-13-23-40)28-29-49-47(55-44-35-53-46(54-37(44)2)42-26-16-7-17-27-42)45(52-33-41-24-14-6-15-25-41)34-48-30-38-18-8-3-9-19-38/h3-27,36-37,43-47H,28-35H2,1-2H3/t36-,37-,43+,44?,45+,46?,47?/m1/s1. The third-order valence-electron chi connectivity index (χ3n) is 9.53. The molecule has 0 radical (unpaired) electrons. The second-order valence-corrected chi connectivity index (χ2v) is 13.8. The van der Waals surface area contributed by atoms with E-state index in [1.807, 2.05) is 134 Å². The Morgan fingerprint density at radius 3 is 1.56 bits per heavy atom. The normalized spacial score (nSPS) is 19.3. The molecule has 8 heteroatoms. The molecule has 0 spiro atoms. The van der Waals surface area contributed by atoms with E-state index in [0.29, 0.717) is 46.1 Å². The minimum Gasteiger partial charge on any atom is -0.374 e. The van der Waals surface area contributed by atoms with E-state index in [1.54, 1.807) is 0 Å². The summed E-state index contributed by atoms with van der Waals surface area (Å²) in [5.74, 6) is 0. The molecule has 290 valence electrons. The molecule has 0 aromatic heterocycles. The van der Waals surface area contributed by atoms with Crippen molar-refractivity contribution in [3.63, 3.8) is 0 Å². The van der Waals surface area contributed by atoms with E-state index < -0.39 is 24.8 Å². The first-order valence-corrected chi connectivity index (χ1v) is 19.3. The summed E-state index contributed by atoms with van der Waals surface area (Å²) in [4.78, 5) is 0. The second-order valence-electron chi connectivity index (χ2n) is 13.8. The number of rotatable bonds is 22. The fourth-order valence-electron chi connectivity index (χ4n) is 6.27. The highest BCUT2D eigenvalue weighted by Crippen LogP contribution is 2.29. The molecule has 1 heterocycles. The zero-order valence-corrected chi connectivity index (χ0v) is 31.9. The number of ether oxygens (including phenoxy) is 8. The lowest BCUT2D eigenvalue weighted by Crippen LogP contribution is -2.47. The minimum absolute atomic E-state index is 0.207. The van der Waals surface area contributed by atoms with Gasteiger partial charge in [0, 0.05) is 5.56 Å². The van der Waals surface area contributed by atoms with Crippen LogP contribution in [0, 0.1) is 0 Å². The van der Waals surface area contributed by atoms with Gasteiger partial charge in [-0.2, -0.15) is 0 Å². The highest BCUT2D eigenvalue weighted by Gasteiger charge is 2.36. The molecule has 1 saturated heterocycles. The van der Waals surface area contributed by atoms with Gasteiger partial charge in [-0.15, -0.1) is 0 Å². The van der Waals surface area contributed by atoms with Crippen molar-refractivity contribution in [3.8, 4) is 0 Å². The van der Waals surface area contributed by atoms with Crippen molar-refractivity contribution in [2.75, 3.05) is 19.8 Å². The van der Waals surface area contributed by atoms with Crippen LogP contribution in [0.1, 0.15) is 54.4 Å². The van der Waals surface area contributed by atoms with Gasteiger partial charge >= 0.3 is 0 Å². The van der Waals surface area contributed by atoms with E-state index >= 15 is 0 Å². The monoisotopic (exact) mass is 746 g/mol. The van der Waals surface area contributed by atoms with Crippen molar-refractivity contribution in [2.45, 2.75) is 89.8 Å². The van der Waals surface area contributed by atoms with Crippen molar-refractivity contribution >= 4 is 0 Å². The molecule has 0 aliphatic carbocycles. The lowest BCUT2D eigenvalue weighted by molar-refractivity contribution is -0.310. The highest BCUT2D eigenvalue weighted by atomic mass is 16.7. The van der Waals surface area contributed by atoms with E-state index in [4.69, 9.17) is 37.9 Å². The van der Waals surface area contributed by atoms with Gasteiger partial charge in [0.15, 0.2) is 12.6 Å². The average Bonchev–Trinajstić information content (AvgIpc) is 3.24. The molecular formula is C47H54O8. The van der Waals surface area contributed by atoms with Crippen molar-refractivity contribution in [2.24, 2.45) is 0 Å². The maximum Gasteiger partial charge on any atom is 0.186 e. The summed E-state index contributed by atoms with van der Waals surface area (Å²) >= 11 is 0. The SMILES string of the molecule is C[C@H]1OC(c2ccccc2)OCC1OC(OCC[C@H](OCc1ccccc1)[C@@H](C)OCc1ccccc1)[C@H](COCc1ccccc1)OCc1ccccc1. The van der Waals surface area contributed by atoms with Crippen LogP contribution in [0.5, 0.6) is 0 Å². The smallest absolute Gasteiger partial charge is 0.186 e. The third kappa shape index (κ3) is 13.5. The number of benzene rings is 5. The molecule has 0 amide bonds. The Morgan fingerprint density at radius 2 is 1.04 bits per heavy atom. The maximum atomic E-state index is 6.77. The highest BCUT2D eigenvalue weighted by molar-refractivity contribution is 5.17. The molecule has 1 aliphatic heterocycles. The van der Waals surface area contributed by atoms with Gasteiger partial charge in [-0.05, 0) is 42.5 Å². The second kappa shape index (κ2) is 22.4. The Balaban J connectivity index is 1.16. The number of hydrogen-bond donors (Lipinski definition) is 0. The molecule has 5 aromatic rings. The lowest BCUT2D eigenvalue weighted by atomic mass is 10.1. The Kier molecular flexibility index (Phi) is 16.4. The summed E-state index contributed by atoms with van der Waals surface area (Å²) < 4.78 is 51.7. The maximum absolute atomic E-state index is 6.77. The lowest BCUT2D eigenvalue weighted by Gasteiger charge is -2.38. The van der Waals surface area contributed by atoms with Crippen molar-refractivity contribution in [1.82, 2.24) is 0 Å². The molecule has 0 saturated carbocycles. The fourth-order valence-corrected chi connectivity index (χ4v) is 6.27. The molecule has 0 N–H and O–H groups in total. The molecule has 55 heavy (non-hydrogen) atoms. The molecule has 8 nitrogen and oxygen atoms in total. The largest absolute Gasteiger partial charge is 0.374 e. The van der Waals surface area contributed by atoms with Crippen LogP contribution in [-0.2, 0) is 64.3 Å². The summed E-state index contributed by atoms with van der Waals surface area (Å²) in [7, 11) is 0. The van der Waals surface area contributed by atoms with Gasteiger partial charge in [0.05, 0.1) is 64.6 Å². The van der Waals surface area contributed by atoms with E-state index in [9.17, 15) is 0 Å². The van der Waals surface area contributed by atoms with Crippen LogP contribution in [-0.4, -0.2) is 56.6 Å². The zero-order chi connectivity index (χ0) is 37.9. The Bertz CT molecular complexity index is 1730. The van der Waals surface area contributed by atoms with Crippen LogP contribution in [0.4, 0.5) is 0 Å². The quantitative estimate of drug-likeness (QED) is 0.0650. The summed E-state index contributed by atoms with van der Waals surface area (Å²) in [6.07, 6.45) is -2.45. The average molecular weight is 747 g/mol. The van der Waals surface area contributed by atoms with E-state index in [0.717, 1.165) is 27.8 Å². The van der Waals surface area contributed by atoms with Crippen LogP contribution < -0.4 is 0 Å². The Labute approximate surface area is 326 Å². The predicted octanol–water partition coefficient (Wildman–Crippen LogP) is 9.23. The Hall–Kier alpha value is -4.22. The first kappa shape index (κ1) is 40.4. The van der Waals surface area contributed by atoms with E-state index in [-0.39, 0.29) is 24.9 Å². The molecule has 1 aliphatic rings. The van der Waals surface area contributed by atoms with E-state index in [1.165, 1.54) is 0 Å². The summed E-state index contributed by atoms with van der Waals surface area (Å²) in [5, 5.41) is 0. The fraction of sp³-hybridized carbons (Fsp3) is 0.362. The van der Waals surface area contributed by atoms with Crippen molar-refractivity contribution < 1.29 is 37.9 Å². The van der Waals surface area contributed by atoms with Crippen LogP contribution in [0.2, 0.25) is 0 Å². The van der Waals surface area contributed by atoms with Crippen LogP contribution >= 0.6 is 0 Å². The molecule has 0 bridgehead atoms.